The maximum absolute atomic E-state index is 6.03. The topological polar surface area (TPSA) is 48.2 Å². The van der Waals surface area contributed by atoms with E-state index in [0.717, 1.165) is 11.0 Å². The Morgan fingerprint density at radius 1 is 1.14 bits per heavy atom. The van der Waals surface area contributed by atoms with E-state index in [9.17, 15) is 0 Å². The van der Waals surface area contributed by atoms with Gasteiger partial charge in [-0.2, -0.15) is 0 Å². The lowest BCUT2D eigenvalue weighted by atomic mass is 10.2. The highest BCUT2D eigenvalue weighted by Crippen LogP contribution is 2.29. The maximum Gasteiger partial charge on any atom is 0.156 e. The van der Waals surface area contributed by atoms with E-state index in [4.69, 9.17) is 32.4 Å². The monoisotopic (exact) mass is 322 g/mol. The van der Waals surface area contributed by atoms with E-state index in [1.165, 1.54) is 0 Å². The van der Waals surface area contributed by atoms with Crippen molar-refractivity contribution in [3.8, 4) is 11.5 Å². The predicted molar refractivity (Wildman–Crippen MR) is 82.6 cm³/mol. The molecule has 0 bridgehead atoms. The second kappa shape index (κ2) is 6.02. The molecule has 1 aromatic carbocycles. The maximum atomic E-state index is 6.03. The minimum Gasteiger partial charge on any atom is -0.454 e. The molecule has 4 nitrogen and oxygen atoms in total. The van der Waals surface area contributed by atoms with E-state index in [1.54, 1.807) is 12.1 Å². The van der Waals surface area contributed by atoms with Crippen molar-refractivity contribution in [3.63, 3.8) is 0 Å². The van der Waals surface area contributed by atoms with Crippen LogP contribution in [0.5, 0.6) is 0 Å². The third kappa shape index (κ3) is 3.18. The average Bonchev–Trinajstić information content (AvgIpc) is 2.87. The van der Waals surface area contributed by atoms with Crippen LogP contribution in [0.2, 0.25) is 10.2 Å². The molecule has 0 amide bonds. The molecule has 0 saturated carbocycles. The standard InChI is InChI=1S/C15H12Cl2N2O2/c1-2-20-8-15-18-11(7-14(17)19-15)13-6-9-5-10(16)3-4-12(9)21-13/h3-7H,2,8H2,1H3. The molecular formula is C15H12Cl2N2O2. The van der Waals surface area contributed by atoms with E-state index >= 15 is 0 Å². The van der Waals surface area contributed by atoms with Crippen molar-refractivity contribution < 1.29 is 9.15 Å². The fraction of sp³-hybridized carbons (Fsp3) is 0.200. The lowest BCUT2D eigenvalue weighted by Crippen LogP contribution is -2.00. The molecule has 0 saturated heterocycles. The number of nitrogens with zero attached hydrogens (tertiary/aromatic N) is 2. The number of benzene rings is 1. The van der Waals surface area contributed by atoms with E-state index in [1.807, 2.05) is 25.1 Å². The van der Waals surface area contributed by atoms with Crippen LogP contribution < -0.4 is 0 Å². The number of hydrogen-bond donors (Lipinski definition) is 0. The van der Waals surface area contributed by atoms with Crippen molar-refractivity contribution in [2.45, 2.75) is 13.5 Å². The Hall–Kier alpha value is -1.62. The van der Waals surface area contributed by atoms with Crippen LogP contribution >= 0.6 is 23.2 Å². The van der Waals surface area contributed by atoms with Gasteiger partial charge in [0.2, 0.25) is 0 Å². The summed E-state index contributed by atoms with van der Waals surface area (Å²) in [5, 5.41) is 1.93. The summed E-state index contributed by atoms with van der Waals surface area (Å²) in [4.78, 5) is 8.54. The van der Waals surface area contributed by atoms with E-state index in [0.29, 0.717) is 40.7 Å². The first-order valence-electron chi connectivity index (χ1n) is 6.46. The zero-order valence-corrected chi connectivity index (χ0v) is 12.8. The Bertz CT molecular complexity index is 786. The molecule has 108 valence electrons. The normalized spacial score (nSPS) is 11.2. The molecule has 0 radical (unpaired) electrons. The molecular weight excluding hydrogens is 311 g/mol. The van der Waals surface area contributed by atoms with Crippen molar-refractivity contribution in [2.75, 3.05) is 6.61 Å². The van der Waals surface area contributed by atoms with Crippen LogP contribution in [0.1, 0.15) is 12.7 Å². The Labute approximate surface area is 131 Å². The molecule has 6 heteroatoms. The molecule has 0 fully saturated rings. The summed E-state index contributed by atoms with van der Waals surface area (Å²) in [5.74, 6) is 1.15. The minimum absolute atomic E-state index is 0.316. The van der Waals surface area contributed by atoms with Crippen molar-refractivity contribution >= 4 is 34.2 Å². The van der Waals surface area contributed by atoms with Gasteiger partial charge in [-0.05, 0) is 31.2 Å². The number of rotatable bonds is 4. The van der Waals surface area contributed by atoms with Crippen molar-refractivity contribution in [1.82, 2.24) is 9.97 Å². The molecule has 0 atom stereocenters. The third-order valence-corrected chi connectivity index (χ3v) is 3.34. The summed E-state index contributed by atoms with van der Waals surface area (Å²) < 4.78 is 11.1. The molecule has 0 unspecified atom stereocenters. The summed E-state index contributed by atoms with van der Waals surface area (Å²) in [6.45, 7) is 2.82. The predicted octanol–water partition coefficient (Wildman–Crippen LogP) is 4.73. The van der Waals surface area contributed by atoms with E-state index in [-0.39, 0.29) is 0 Å². The quantitative estimate of drug-likeness (QED) is 0.651. The number of fused-ring (bicyclic) bond motifs is 1. The van der Waals surface area contributed by atoms with Gasteiger partial charge in [0.1, 0.15) is 23.0 Å². The molecule has 2 aromatic heterocycles. The lowest BCUT2D eigenvalue weighted by Gasteiger charge is -2.03. The second-order valence-corrected chi connectivity index (χ2v) is 5.25. The Morgan fingerprint density at radius 2 is 2.00 bits per heavy atom. The van der Waals surface area contributed by atoms with Gasteiger partial charge in [-0.25, -0.2) is 9.97 Å². The van der Waals surface area contributed by atoms with Crippen LogP contribution in [0.25, 0.3) is 22.4 Å². The van der Waals surface area contributed by atoms with Gasteiger partial charge in [0.05, 0.1) is 0 Å². The van der Waals surface area contributed by atoms with E-state index in [2.05, 4.69) is 9.97 Å². The van der Waals surface area contributed by atoms with Crippen LogP contribution in [0, 0.1) is 0 Å². The minimum atomic E-state index is 0.316. The molecule has 2 heterocycles. The molecule has 3 rings (SSSR count). The summed E-state index contributed by atoms with van der Waals surface area (Å²) in [7, 11) is 0. The zero-order chi connectivity index (χ0) is 14.8. The van der Waals surface area contributed by atoms with Gasteiger partial charge in [-0.3, -0.25) is 0 Å². The highest BCUT2D eigenvalue weighted by atomic mass is 35.5. The lowest BCUT2D eigenvalue weighted by molar-refractivity contribution is 0.128. The first-order chi connectivity index (χ1) is 10.2. The van der Waals surface area contributed by atoms with Gasteiger partial charge in [0.15, 0.2) is 11.6 Å². The van der Waals surface area contributed by atoms with Crippen LogP contribution in [0.15, 0.2) is 34.7 Å². The van der Waals surface area contributed by atoms with Crippen molar-refractivity contribution in [3.05, 3.63) is 46.3 Å². The largest absolute Gasteiger partial charge is 0.454 e. The molecule has 0 aliphatic rings. The highest BCUT2D eigenvalue weighted by molar-refractivity contribution is 6.31. The number of ether oxygens (including phenoxy) is 1. The number of hydrogen-bond acceptors (Lipinski definition) is 4. The van der Waals surface area contributed by atoms with E-state index < -0.39 is 0 Å². The molecule has 21 heavy (non-hydrogen) atoms. The third-order valence-electron chi connectivity index (χ3n) is 2.91. The number of furan rings is 1. The SMILES string of the molecule is CCOCc1nc(Cl)cc(-c2cc3cc(Cl)ccc3o2)n1. The number of aromatic nitrogens is 2. The molecule has 0 spiro atoms. The molecule has 3 aromatic rings. The smallest absolute Gasteiger partial charge is 0.156 e. The van der Waals surface area contributed by atoms with Gasteiger partial charge in [0.25, 0.3) is 0 Å². The van der Waals surface area contributed by atoms with Gasteiger partial charge >= 0.3 is 0 Å². The first-order valence-corrected chi connectivity index (χ1v) is 7.22. The Kier molecular flexibility index (Phi) is 4.10. The average molecular weight is 323 g/mol. The summed E-state index contributed by atoms with van der Waals surface area (Å²) in [6.07, 6.45) is 0. The zero-order valence-electron chi connectivity index (χ0n) is 11.3. The second-order valence-electron chi connectivity index (χ2n) is 4.42. The van der Waals surface area contributed by atoms with Crippen molar-refractivity contribution in [2.24, 2.45) is 0 Å². The summed E-state index contributed by atoms with van der Waals surface area (Å²) in [5.41, 5.74) is 1.37. The summed E-state index contributed by atoms with van der Waals surface area (Å²) >= 11 is 12.0. The van der Waals surface area contributed by atoms with Gasteiger partial charge in [0, 0.05) is 23.1 Å². The van der Waals surface area contributed by atoms with Crippen LogP contribution in [0.4, 0.5) is 0 Å². The van der Waals surface area contributed by atoms with Gasteiger partial charge in [-0.1, -0.05) is 23.2 Å². The highest BCUT2D eigenvalue weighted by Gasteiger charge is 2.11. The van der Waals surface area contributed by atoms with Gasteiger partial charge < -0.3 is 9.15 Å². The number of halogens is 2. The van der Waals surface area contributed by atoms with Crippen LogP contribution in [-0.4, -0.2) is 16.6 Å². The first kappa shape index (κ1) is 14.3. The van der Waals surface area contributed by atoms with Crippen LogP contribution in [-0.2, 0) is 11.3 Å². The molecule has 0 aliphatic heterocycles. The van der Waals surface area contributed by atoms with Gasteiger partial charge in [-0.15, -0.1) is 0 Å². The summed E-state index contributed by atoms with van der Waals surface area (Å²) in [6, 6.07) is 8.99. The van der Waals surface area contributed by atoms with Crippen molar-refractivity contribution in [1.29, 1.82) is 0 Å². The fourth-order valence-corrected chi connectivity index (χ4v) is 2.37. The Morgan fingerprint density at radius 3 is 2.81 bits per heavy atom. The molecule has 0 aliphatic carbocycles. The van der Waals surface area contributed by atoms with Crippen LogP contribution in [0.3, 0.4) is 0 Å². The fourth-order valence-electron chi connectivity index (χ4n) is 1.99. The molecule has 0 N–H and O–H groups in total. The Balaban J connectivity index is 2.02.